The van der Waals surface area contributed by atoms with Crippen molar-refractivity contribution >= 4 is 22.6 Å². The van der Waals surface area contributed by atoms with Crippen molar-refractivity contribution in [2.45, 2.75) is 19.9 Å². The van der Waals surface area contributed by atoms with Crippen LogP contribution in [0, 0.1) is 6.92 Å². The van der Waals surface area contributed by atoms with Crippen LogP contribution in [0.4, 0.5) is 0 Å². The van der Waals surface area contributed by atoms with E-state index in [1.807, 2.05) is 19.1 Å². The second-order valence-corrected chi connectivity index (χ2v) is 6.53. The Hall–Kier alpha value is -1.36. The second-order valence-electron chi connectivity index (χ2n) is 6.12. The van der Waals surface area contributed by atoms with Gasteiger partial charge < -0.3 is 9.32 Å². The van der Waals surface area contributed by atoms with E-state index in [0.29, 0.717) is 10.6 Å². The van der Waals surface area contributed by atoms with Gasteiger partial charge in [0, 0.05) is 36.1 Å². The van der Waals surface area contributed by atoms with Gasteiger partial charge in [0.15, 0.2) is 0 Å². The second kappa shape index (κ2) is 6.41. The highest BCUT2D eigenvalue weighted by Crippen LogP contribution is 2.26. The van der Waals surface area contributed by atoms with Gasteiger partial charge in [0.2, 0.25) is 0 Å². The molecule has 0 spiro atoms. The summed E-state index contributed by atoms with van der Waals surface area (Å²) in [5.41, 5.74) is 2.25. The molecule has 1 fully saturated rings. The average Bonchev–Trinajstić information content (AvgIpc) is 2.66. The molecule has 0 N–H and O–H groups in total. The van der Waals surface area contributed by atoms with Crippen molar-refractivity contribution in [1.29, 1.82) is 0 Å². The highest BCUT2D eigenvalue weighted by Gasteiger charge is 2.15. The summed E-state index contributed by atoms with van der Waals surface area (Å²) in [5, 5.41) is 1.64. The van der Waals surface area contributed by atoms with E-state index in [-0.39, 0.29) is 5.63 Å². The summed E-state index contributed by atoms with van der Waals surface area (Å²) < 4.78 is 5.33. The zero-order valence-electron chi connectivity index (χ0n) is 13.1. The molecule has 1 aromatic heterocycles. The van der Waals surface area contributed by atoms with Crippen LogP contribution in [-0.4, -0.2) is 43.0 Å². The molecule has 22 heavy (non-hydrogen) atoms. The first kappa shape index (κ1) is 15.5. The van der Waals surface area contributed by atoms with Gasteiger partial charge in [-0.05, 0) is 56.7 Å². The monoisotopic (exact) mass is 320 g/mol. The van der Waals surface area contributed by atoms with E-state index in [9.17, 15) is 4.79 Å². The number of likely N-dealkylation sites (N-methyl/N-ethyl adjacent to an activating group) is 1. The molecule has 1 saturated heterocycles. The molecule has 118 valence electrons. The molecule has 0 amide bonds. The Morgan fingerprint density at radius 3 is 2.82 bits per heavy atom. The van der Waals surface area contributed by atoms with Crippen LogP contribution < -0.4 is 5.63 Å². The number of halogens is 1. The van der Waals surface area contributed by atoms with E-state index in [4.69, 9.17) is 16.0 Å². The molecular formula is C17H21ClN2O2. The maximum atomic E-state index is 11.8. The molecule has 4 nitrogen and oxygen atoms in total. The molecule has 1 aliphatic rings. The van der Waals surface area contributed by atoms with Crippen LogP contribution >= 0.6 is 11.6 Å². The first-order valence-corrected chi connectivity index (χ1v) is 8.04. The molecule has 2 aromatic rings. The number of aryl methyl sites for hydroxylation is 1. The Morgan fingerprint density at radius 1 is 1.18 bits per heavy atom. The lowest BCUT2D eigenvalue weighted by atomic mass is 10.1. The standard InChI is InChI=1S/C17H21ClN2O2/c1-12-8-16-14(10-15(12)18)13(9-17(21)22-16)11-20-5-3-4-19(2)6-7-20/h8-10H,3-7,11H2,1-2H3. The number of fused-ring (bicyclic) bond motifs is 1. The van der Waals surface area contributed by atoms with Gasteiger partial charge in [0.25, 0.3) is 0 Å². The first-order valence-electron chi connectivity index (χ1n) is 7.67. The molecule has 0 saturated carbocycles. The summed E-state index contributed by atoms with van der Waals surface area (Å²) in [6.45, 7) is 6.91. The Balaban J connectivity index is 1.95. The Morgan fingerprint density at radius 2 is 2.00 bits per heavy atom. The Labute approximate surface area is 135 Å². The lowest BCUT2D eigenvalue weighted by Crippen LogP contribution is -2.28. The minimum Gasteiger partial charge on any atom is -0.423 e. The lowest BCUT2D eigenvalue weighted by molar-refractivity contribution is 0.269. The van der Waals surface area contributed by atoms with Crippen LogP contribution in [0.15, 0.2) is 27.4 Å². The van der Waals surface area contributed by atoms with Crippen molar-refractivity contribution < 1.29 is 4.42 Å². The largest absolute Gasteiger partial charge is 0.423 e. The molecule has 2 heterocycles. The van der Waals surface area contributed by atoms with Crippen LogP contribution in [0.3, 0.4) is 0 Å². The zero-order chi connectivity index (χ0) is 15.7. The molecule has 0 bridgehead atoms. The normalized spacial score (nSPS) is 17.8. The van der Waals surface area contributed by atoms with Gasteiger partial charge in [-0.2, -0.15) is 0 Å². The molecule has 3 rings (SSSR count). The first-order chi connectivity index (χ1) is 10.5. The van der Waals surface area contributed by atoms with Crippen molar-refractivity contribution in [3.05, 3.63) is 44.8 Å². The van der Waals surface area contributed by atoms with Crippen LogP contribution in [0.1, 0.15) is 17.5 Å². The van der Waals surface area contributed by atoms with Crippen molar-refractivity contribution in [2.75, 3.05) is 33.2 Å². The SMILES string of the molecule is Cc1cc2oc(=O)cc(CN3CCCN(C)CC3)c2cc1Cl. The molecule has 0 unspecified atom stereocenters. The van der Waals surface area contributed by atoms with E-state index in [1.54, 1.807) is 6.07 Å². The maximum Gasteiger partial charge on any atom is 0.336 e. The molecule has 1 aromatic carbocycles. The molecule has 0 atom stereocenters. The third-order valence-electron chi connectivity index (χ3n) is 4.32. The fourth-order valence-electron chi connectivity index (χ4n) is 2.98. The molecule has 0 aliphatic carbocycles. The highest BCUT2D eigenvalue weighted by atomic mass is 35.5. The number of hydrogen-bond acceptors (Lipinski definition) is 4. The molecular weight excluding hydrogens is 300 g/mol. The average molecular weight is 321 g/mol. The molecule has 5 heteroatoms. The third kappa shape index (κ3) is 3.35. The smallest absolute Gasteiger partial charge is 0.336 e. The summed E-state index contributed by atoms with van der Waals surface area (Å²) in [5.74, 6) is 0. The number of benzene rings is 1. The van der Waals surface area contributed by atoms with Crippen molar-refractivity contribution in [3.8, 4) is 0 Å². The van der Waals surface area contributed by atoms with Gasteiger partial charge in [-0.25, -0.2) is 4.79 Å². The predicted molar refractivity (Wildman–Crippen MR) is 89.6 cm³/mol. The van der Waals surface area contributed by atoms with Crippen molar-refractivity contribution in [2.24, 2.45) is 0 Å². The summed E-state index contributed by atoms with van der Waals surface area (Å²) in [7, 11) is 2.15. The number of hydrogen-bond donors (Lipinski definition) is 0. The van der Waals surface area contributed by atoms with Crippen molar-refractivity contribution in [1.82, 2.24) is 9.80 Å². The Bertz CT molecular complexity index is 741. The van der Waals surface area contributed by atoms with Gasteiger partial charge >= 0.3 is 5.63 Å². The summed E-state index contributed by atoms with van der Waals surface area (Å²) >= 11 is 6.25. The van der Waals surface area contributed by atoms with E-state index < -0.39 is 0 Å². The quantitative estimate of drug-likeness (QED) is 0.797. The van der Waals surface area contributed by atoms with E-state index in [1.165, 1.54) is 0 Å². The summed E-state index contributed by atoms with van der Waals surface area (Å²) in [4.78, 5) is 16.6. The van der Waals surface area contributed by atoms with Gasteiger partial charge in [-0.1, -0.05) is 11.6 Å². The predicted octanol–water partition coefficient (Wildman–Crippen LogP) is 2.89. The van der Waals surface area contributed by atoms with E-state index in [0.717, 1.165) is 55.7 Å². The van der Waals surface area contributed by atoms with Crippen molar-refractivity contribution in [3.63, 3.8) is 0 Å². The van der Waals surface area contributed by atoms with Crippen LogP contribution in [0.5, 0.6) is 0 Å². The molecule has 1 aliphatic heterocycles. The minimum absolute atomic E-state index is 0.295. The van der Waals surface area contributed by atoms with Crippen LogP contribution in [0.25, 0.3) is 11.0 Å². The summed E-state index contributed by atoms with van der Waals surface area (Å²) in [6.07, 6.45) is 1.15. The fraction of sp³-hybridized carbons (Fsp3) is 0.471. The zero-order valence-corrected chi connectivity index (χ0v) is 13.8. The van der Waals surface area contributed by atoms with E-state index in [2.05, 4.69) is 16.8 Å². The van der Waals surface area contributed by atoms with Gasteiger partial charge in [0.05, 0.1) is 0 Å². The van der Waals surface area contributed by atoms with Crippen LogP contribution in [-0.2, 0) is 6.54 Å². The highest BCUT2D eigenvalue weighted by molar-refractivity contribution is 6.32. The fourth-order valence-corrected chi connectivity index (χ4v) is 3.14. The lowest BCUT2D eigenvalue weighted by Gasteiger charge is -2.20. The van der Waals surface area contributed by atoms with Crippen LogP contribution in [0.2, 0.25) is 5.02 Å². The number of rotatable bonds is 2. The number of nitrogens with zero attached hydrogens (tertiary/aromatic N) is 2. The van der Waals surface area contributed by atoms with Gasteiger partial charge in [-0.3, -0.25) is 4.90 Å². The minimum atomic E-state index is -0.295. The topological polar surface area (TPSA) is 36.7 Å². The molecule has 0 radical (unpaired) electrons. The Kier molecular flexibility index (Phi) is 4.52. The maximum absolute atomic E-state index is 11.8. The van der Waals surface area contributed by atoms with E-state index >= 15 is 0 Å². The van der Waals surface area contributed by atoms with Gasteiger partial charge in [-0.15, -0.1) is 0 Å². The third-order valence-corrected chi connectivity index (χ3v) is 4.72. The van der Waals surface area contributed by atoms with Gasteiger partial charge in [0.1, 0.15) is 5.58 Å². The summed E-state index contributed by atoms with van der Waals surface area (Å²) in [6, 6.07) is 5.36.